The molecule has 0 bridgehead atoms. The summed E-state index contributed by atoms with van der Waals surface area (Å²) < 4.78 is 6.20. The van der Waals surface area contributed by atoms with E-state index >= 15 is 0 Å². The molecule has 1 atom stereocenters. The zero-order valence-corrected chi connectivity index (χ0v) is 12.9. The van der Waals surface area contributed by atoms with Gasteiger partial charge in [-0.05, 0) is 44.1 Å². The quantitative estimate of drug-likeness (QED) is 0.921. The highest BCUT2D eigenvalue weighted by molar-refractivity contribution is 9.10. The molecule has 1 saturated heterocycles. The summed E-state index contributed by atoms with van der Waals surface area (Å²) in [6, 6.07) is 5.52. The van der Waals surface area contributed by atoms with Crippen molar-refractivity contribution in [3.63, 3.8) is 0 Å². The molecule has 0 aromatic heterocycles. The third kappa shape index (κ3) is 3.28. The van der Waals surface area contributed by atoms with Gasteiger partial charge in [0, 0.05) is 17.6 Å². The van der Waals surface area contributed by atoms with Crippen molar-refractivity contribution in [3.05, 3.63) is 28.2 Å². The second kappa shape index (κ2) is 6.39. The number of hydrogen-bond acceptors (Lipinski definition) is 3. The molecule has 5 heteroatoms. The zero-order chi connectivity index (χ0) is 13.8. The van der Waals surface area contributed by atoms with Gasteiger partial charge in [0.15, 0.2) is 0 Å². The van der Waals surface area contributed by atoms with Gasteiger partial charge in [-0.1, -0.05) is 15.9 Å². The number of amides is 1. The monoisotopic (exact) mass is 326 g/mol. The minimum absolute atomic E-state index is 0.0583. The predicted octanol–water partition coefficient (Wildman–Crippen LogP) is 2.14. The molecule has 1 N–H and O–H groups in total. The van der Waals surface area contributed by atoms with Crippen LogP contribution >= 0.6 is 15.9 Å². The molecule has 1 heterocycles. The second-order valence-electron chi connectivity index (χ2n) is 4.81. The summed E-state index contributed by atoms with van der Waals surface area (Å²) in [6.45, 7) is 2.60. The summed E-state index contributed by atoms with van der Waals surface area (Å²) in [7, 11) is 3.54. The lowest BCUT2D eigenvalue weighted by atomic mass is 10.1. The van der Waals surface area contributed by atoms with Crippen molar-refractivity contribution >= 4 is 21.8 Å². The molecule has 1 fully saturated rings. The maximum absolute atomic E-state index is 12.5. The molecule has 0 saturated carbocycles. The lowest BCUT2D eigenvalue weighted by Crippen LogP contribution is -2.30. The Morgan fingerprint density at radius 2 is 2.37 bits per heavy atom. The number of carbonyl (C=O) groups excluding carboxylic acids is 1. The van der Waals surface area contributed by atoms with Crippen molar-refractivity contribution in [2.75, 3.05) is 33.8 Å². The normalized spacial score (nSPS) is 18.7. The van der Waals surface area contributed by atoms with Crippen LogP contribution in [0.3, 0.4) is 0 Å². The van der Waals surface area contributed by atoms with Crippen LogP contribution in [0.5, 0.6) is 5.75 Å². The third-order valence-electron chi connectivity index (χ3n) is 3.46. The first-order valence-corrected chi connectivity index (χ1v) is 7.22. The molecule has 104 valence electrons. The van der Waals surface area contributed by atoms with Gasteiger partial charge in [0.2, 0.25) is 0 Å². The first-order valence-electron chi connectivity index (χ1n) is 6.43. The SMILES string of the molecule is CNCC1CCN(C(=O)c2ccc(Br)cc2OC)C1. The smallest absolute Gasteiger partial charge is 0.257 e. The first kappa shape index (κ1) is 14.3. The average molecular weight is 327 g/mol. The molecule has 0 aliphatic carbocycles. The minimum Gasteiger partial charge on any atom is -0.496 e. The summed E-state index contributed by atoms with van der Waals surface area (Å²) in [5.41, 5.74) is 0.635. The maximum atomic E-state index is 12.5. The van der Waals surface area contributed by atoms with Crippen LogP contribution in [0.15, 0.2) is 22.7 Å². The molecule has 0 radical (unpaired) electrons. The van der Waals surface area contributed by atoms with E-state index in [9.17, 15) is 4.79 Å². The number of nitrogens with zero attached hydrogens (tertiary/aromatic N) is 1. The summed E-state index contributed by atoms with van der Waals surface area (Å²) >= 11 is 3.39. The number of rotatable bonds is 4. The van der Waals surface area contributed by atoms with E-state index in [4.69, 9.17) is 4.74 Å². The first-order chi connectivity index (χ1) is 9.15. The number of methoxy groups -OCH3 is 1. The van der Waals surface area contributed by atoms with Crippen LogP contribution in [-0.4, -0.2) is 44.6 Å². The number of benzene rings is 1. The molecule has 1 amide bonds. The van der Waals surface area contributed by atoms with Crippen LogP contribution in [0.25, 0.3) is 0 Å². The van der Waals surface area contributed by atoms with Gasteiger partial charge in [-0.2, -0.15) is 0 Å². The van der Waals surface area contributed by atoms with Crippen LogP contribution in [0.1, 0.15) is 16.8 Å². The van der Waals surface area contributed by atoms with Gasteiger partial charge < -0.3 is 15.0 Å². The molecular weight excluding hydrogens is 308 g/mol. The van der Waals surface area contributed by atoms with Crippen LogP contribution in [0.4, 0.5) is 0 Å². The molecule has 19 heavy (non-hydrogen) atoms. The number of nitrogens with one attached hydrogen (secondary N) is 1. The number of halogens is 1. The van der Waals surface area contributed by atoms with E-state index < -0.39 is 0 Å². The molecule has 4 nitrogen and oxygen atoms in total. The van der Waals surface area contributed by atoms with Crippen molar-refractivity contribution in [1.82, 2.24) is 10.2 Å². The maximum Gasteiger partial charge on any atom is 0.257 e. The minimum atomic E-state index is 0.0583. The number of hydrogen-bond donors (Lipinski definition) is 1. The lowest BCUT2D eigenvalue weighted by molar-refractivity contribution is 0.0784. The van der Waals surface area contributed by atoms with Gasteiger partial charge in [-0.3, -0.25) is 4.79 Å². The number of ether oxygens (including phenoxy) is 1. The van der Waals surface area contributed by atoms with Crippen LogP contribution < -0.4 is 10.1 Å². The van der Waals surface area contributed by atoms with Crippen molar-refractivity contribution in [3.8, 4) is 5.75 Å². The Morgan fingerprint density at radius 3 is 3.05 bits per heavy atom. The summed E-state index contributed by atoms with van der Waals surface area (Å²) in [5.74, 6) is 1.23. The van der Waals surface area contributed by atoms with Crippen molar-refractivity contribution < 1.29 is 9.53 Å². The Balaban J connectivity index is 2.12. The Hall–Kier alpha value is -1.07. The van der Waals surface area contributed by atoms with E-state index in [-0.39, 0.29) is 5.91 Å². The topological polar surface area (TPSA) is 41.6 Å². The molecule has 2 rings (SSSR count). The van der Waals surface area contributed by atoms with Crippen LogP contribution in [0.2, 0.25) is 0 Å². The van der Waals surface area contributed by atoms with E-state index in [2.05, 4.69) is 21.2 Å². The number of likely N-dealkylation sites (tertiary alicyclic amines) is 1. The largest absolute Gasteiger partial charge is 0.496 e. The molecule has 1 aromatic rings. The summed E-state index contributed by atoms with van der Waals surface area (Å²) in [6.07, 6.45) is 1.06. The lowest BCUT2D eigenvalue weighted by Gasteiger charge is -2.18. The van der Waals surface area contributed by atoms with Crippen LogP contribution in [0, 0.1) is 5.92 Å². The van der Waals surface area contributed by atoms with E-state index in [0.29, 0.717) is 17.2 Å². The second-order valence-corrected chi connectivity index (χ2v) is 5.72. The Kier molecular flexibility index (Phi) is 4.82. The fraction of sp³-hybridized carbons (Fsp3) is 0.500. The third-order valence-corrected chi connectivity index (χ3v) is 3.95. The van der Waals surface area contributed by atoms with Gasteiger partial charge in [0.1, 0.15) is 5.75 Å². The zero-order valence-electron chi connectivity index (χ0n) is 11.3. The van der Waals surface area contributed by atoms with Crippen molar-refractivity contribution in [1.29, 1.82) is 0 Å². The summed E-state index contributed by atoms with van der Waals surface area (Å²) in [4.78, 5) is 14.4. The fourth-order valence-electron chi connectivity index (χ4n) is 2.48. The van der Waals surface area contributed by atoms with Gasteiger partial charge >= 0.3 is 0 Å². The van der Waals surface area contributed by atoms with Gasteiger partial charge in [0.05, 0.1) is 12.7 Å². The average Bonchev–Trinajstić information content (AvgIpc) is 2.87. The van der Waals surface area contributed by atoms with E-state index in [1.165, 1.54) is 0 Å². The van der Waals surface area contributed by atoms with E-state index in [1.54, 1.807) is 7.11 Å². The molecular formula is C14H19BrN2O2. The molecule has 1 unspecified atom stereocenters. The Labute approximate surface area is 122 Å². The predicted molar refractivity (Wildman–Crippen MR) is 78.6 cm³/mol. The summed E-state index contributed by atoms with van der Waals surface area (Å²) in [5, 5.41) is 3.17. The van der Waals surface area contributed by atoms with Gasteiger partial charge in [-0.25, -0.2) is 0 Å². The van der Waals surface area contributed by atoms with E-state index in [0.717, 1.165) is 30.5 Å². The molecule has 0 spiro atoms. The highest BCUT2D eigenvalue weighted by atomic mass is 79.9. The molecule has 1 aromatic carbocycles. The Bertz CT molecular complexity index is 465. The molecule has 1 aliphatic rings. The van der Waals surface area contributed by atoms with Crippen molar-refractivity contribution in [2.45, 2.75) is 6.42 Å². The highest BCUT2D eigenvalue weighted by Gasteiger charge is 2.27. The van der Waals surface area contributed by atoms with Gasteiger partial charge in [0.25, 0.3) is 5.91 Å². The fourth-order valence-corrected chi connectivity index (χ4v) is 2.82. The molecule has 1 aliphatic heterocycles. The Morgan fingerprint density at radius 1 is 1.58 bits per heavy atom. The van der Waals surface area contributed by atoms with Crippen LogP contribution in [-0.2, 0) is 0 Å². The van der Waals surface area contributed by atoms with Crippen molar-refractivity contribution in [2.24, 2.45) is 5.92 Å². The number of carbonyl (C=O) groups is 1. The van der Waals surface area contributed by atoms with Gasteiger partial charge in [-0.15, -0.1) is 0 Å². The standard InChI is InChI=1S/C14H19BrN2O2/c1-16-8-10-5-6-17(9-10)14(18)12-4-3-11(15)7-13(12)19-2/h3-4,7,10,16H,5-6,8-9H2,1-2H3. The van der Waals surface area contributed by atoms with E-state index in [1.807, 2.05) is 30.1 Å². The highest BCUT2D eigenvalue weighted by Crippen LogP contribution is 2.26.